The lowest BCUT2D eigenvalue weighted by Crippen LogP contribution is -2.25. The van der Waals surface area contributed by atoms with Gasteiger partial charge in [-0.25, -0.2) is 4.39 Å². The van der Waals surface area contributed by atoms with E-state index >= 15 is 0 Å². The highest BCUT2D eigenvalue weighted by molar-refractivity contribution is 5.90. The predicted molar refractivity (Wildman–Crippen MR) is 68.0 cm³/mol. The minimum absolute atomic E-state index is 0. The summed E-state index contributed by atoms with van der Waals surface area (Å²) in [5.74, 6) is -0.436. The van der Waals surface area contributed by atoms with Crippen molar-refractivity contribution in [1.29, 1.82) is 0 Å². The number of carbonyl (C=O) groups excluding carboxylic acids is 1. The molecule has 0 saturated heterocycles. The summed E-state index contributed by atoms with van der Waals surface area (Å²) in [6, 6.07) is 3.50. The summed E-state index contributed by atoms with van der Waals surface area (Å²) in [6.45, 7) is 3.24. The van der Waals surface area contributed by atoms with Gasteiger partial charge in [-0.1, -0.05) is 13.0 Å². The third-order valence-corrected chi connectivity index (χ3v) is 2.80. The molecule has 3 nitrogen and oxygen atoms in total. The maximum Gasteiger partial charge on any atom is 0.224 e. The maximum absolute atomic E-state index is 14.0. The lowest BCUT2D eigenvalue weighted by atomic mass is 9.99. The van der Waals surface area contributed by atoms with Crippen LogP contribution in [0.4, 0.5) is 10.1 Å². The largest absolute Gasteiger partial charge is 0.324 e. The number of anilines is 1. The number of hydrogen-bond acceptors (Lipinski definition) is 2. The van der Waals surface area contributed by atoms with Crippen molar-refractivity contribution in [3.8, 4) is 0 Å². The molecule has 1 heterocycles. The standard InChI is InChI=1S/C12H15FN2O.ClH/c1-2-11(16)15-10-4-3-8-7-14-6-5-9(8)12(10)13;/h3-4,14H,2,5-7H2,1H3,(H,15,16);1H. The first-order valence-electron chi connectivity index (χ1n) is 5.53. The monoisotopic (exact) mass is 258 g/mol. The molecule has 0 atom stereocenters. The molecule has 0 radical (unpaired) electrons. The van der Waals surface area contributed by atoms with E-state index in [0.29, 0.717) is 25.1 Å². The average Bonchev–Trinajstić information content (AvgIpc) is 2.33. The van der Waals surface area contributed by atoms with Gasteiger partial charge in [0.1, 0.15) is 5.82 Å². The molecule has 2 rings (SSSR count). The van der Waals surface area contributed by atoms with Crippen LogP contribution in [0.5, 0.6) is 0 Å². The van der Waals surface area contributed by atoms with Gasteiger partial charge in [-0.3, -0.25) is 4.79 Å². The second-order valence-corrected chi connectivity index (χ2v) is 3.89. The Morgan fingerprint density at radius 2 is 2.29 bits per heavy atom. The first kappa shape index (κ1) is 13.9. The molecule has 17 heavy (non-hydrogen) atoms. The molecule has 1 aliphatic heterocycles. The van der Waals surface area contributed by atoms with E-state index in [1.165, 1.54) is 0 Å². The van der Waals surface area contributed by atoms with E-state index in [2.05, 4.69) is 10.6 Å². The first-order chi connectivity index (χ1) is 7.72. The zero-order chi connectivity index (χ0) is 11.5. The second kappa shape index (κ2) is 5.98. The fourth-order valence-electron chi connectivity index (χ4n) is 1.87. The van der Waals surface area contributed by atoms with E-state index in [9.17, 15) is 9.18 Å². The van der Waals surface area contributed by atoms with Crippen LogP contribution in [0, 0.1) is 5.82 Å². The Kier molecular flexibility index (Phi) is 4.90. The van der Waals surface area contributed by atoms with Crippen molar-refractivity contribution in [2.45, 2.75) is 26.3 Å². The number of halogens is 2. The van der Waals surface area contributed by atoms with Crippen LogP contribution < -0.4 is 10.6 Å². The molecule has 0 aliphatic carbocycles. The number of nitrogens with one attached hydrogen (secondary N) is 2. The van der Waals surface area contributed by atoms with Crippen LogP contribution in [0.25, 0.3) is 0 Å². The van der Waals surface area contributed by atoms with Crippen molar-refractivity contribution in [3.05, 3.63) is 29.1 Å². The number of carbonyl (C=O) groups is 1. The molecule has 0 fully saturated rings. The molecule has 0 saturated carbocycles. The molecule has 2 N–H and O–H groups in total. The second-order valence-electron chi connectivity index (χ2n) is 3.89. The topological polar surface area (TPSA) is 41.1 Å². The molecular weight excluding hydrogens is 243 g/mol. The highest BCUT2D eigenvalue weighted by Crippen LogP contribution is 2.24. The van der Waals surface area contributed by atoms with Crippen molar-refractivity contribution >= 4 is 24.0 Å². The van der Waals surface area contributed by atoms with E-state index < -0.39 is 0 Å². The van der Waals surface area contributed by atoms with Gasteiger partial charge in [0.25, 0.3) is 0 Å². The van der Waals surface area contributed by atoms with Crippen LogP contribution in [0.15, 0.2) is 12.1 Å². The maximum atomic E-state index is 14.0. The molecule has 1 aliphatic rings. The number of amides is 1. The van der Waals surface area contributed by atoms with Gasteiger partial charge in [0.05, 0.1) is 5.69 Å². The first-order valence-corrected chi connectivity index (χ1v) is 5.53. The molecule has 1 aromatic rings. The molecule has 0 bridgehead atoms. The van der Waals surface area contributed by atoms with Gasteiger partial charge in [0.15, 0.2) is 0 Å². The van der Waals surface area contributed by atoms with E-state index in [1.54, 1.807) is 13.0 Å². The van der Waals surface area contributed by atoms with Crippen LogP contribution in [0.2, 0.25) is 0 Å². The Hall–Kier alpha value is -1.13. The van der Waals surface area contributed by atoms with Crippen molar-refractivity contribution in [1.82, 2.24) is 5.32 Å². The van der Waals surface area contributed by atoms with Crippen molar-refractivity contribution < 1.29 is 9.18 Å². The van der Waals surface area contributed by atoms with E-state index in [-0.39, 0.29) is 24.1 Å². The van der Waals surface area contributed by atoms with Gasteiger partial charge >= 0.3 is 0 Å². The molecule has 5 heteroatoms. The van der Waals surface area contributed by atoms with Crippen LogP contribution in [0.3, 0.4) is 0 Å². The molecule has 0 aromatic heterocycles. The van der Waals surface area contributed by atoms with Gasteiger partial charge in [0.2, 0.25) is 5.91 Å². The third kappa shape index (κ3) is 2.96. The lowest BCUT2D eigenvalue weighted by Gasteiger charge is -2.19. The van der Waals surface area contributed by atoms with Gasteiger partial charge in [-0.05, 0) is 30.2 Å². The summed E-state index contributed by atoms with van der Waals surface area (Å²) in [6.07, 6.45) is 1.04. The van der Waals surface area contributed by atoms with Crippen molar-refractivity contribution in [3.63, 3.8) is 0 Å². The highest BCUT2D eigenvalue weighted by atomic mass is 35.5. The summed E-state index contributed by atoms with van der Waals surface area (Å²) < 4.78 is 14.0. The Bertz CT molecular complexity index is 423. The summed E-state index contributed by atoms with van der Waals surface area (Å²) in [7, 11) is 0. The fraction of sp³-hybridized carbons (Fsp3) is 0.417. The molecule has 0 spiro atoms. The number of hydrogen-bond donors (Lipinski definition) is 2. The normalized spacial score (nSPS) is 13.5. The van der Waals surface area contributed by atoms with Crippen molar-refractivity contribution in [2.75, 3.05) is 11.9 Å². The zero-order valence-corrected chi connectivity index (χ0v) is 10.5. The van der Waals surface area contributed by atoms with Crippen LogP contribution >= 0.6 is 12.4 Å². The summed E-state index contributed by atoms with van der Waals surface area (Å²) in [5.41, 5.74) is 2.01. The Balaban J connectivity index is 0.00000144. The average molecular weight is 259 g/mol. The number of rotatable bonds is 2. The summed E-state index contributed by atoms with van der Waals surface area (Å²) in [5, 5.41) is 5.76. The smallest absolute Gasteiger partial charge is 0.224 e. The van der Waals surface area contributed by atoms with E-state index in [4.69, 9.17) is 0 Å². The summed E-state index contributed by atoms with van der Waals surface area (Å²) in [4.78, 5) is 11.2. The number of fused-ring (bicyclic) bond motifs is 1. The molecule has 1 amide bonds. The van der Waals surface area contributed by atoms with Gasteiger partial charge < -0.3 is 10.6 Å². The summed E-state index contributed by atoms with van der Waals surface area (Å²) >= 11 is 0. The Labute approximate surface area is 106 Å². The minimum atomic E-state index is -0.277. The fourth-order valence-corrected chi connectivity index (χ4v) is 1.87. The van der Waals surface area contributed by atoms with Gasteiger partial charge in [-0.2, -0.15) is 0 Å². The van der Waals surface area contributed by atoms with Crippen LogP contribution in [-0.4, -0.2) is 12.5 Å². The number of benzene rings is 1. The van der Waals surface area contributed by atoms with Crippen LogP contribution in [-0.2, 0) is 17.8 Å². The minimum Gasteiger partial charge on any atom is -0.324 e. The molecule has 1 aromatic carbocycles. The van der Waals surface area contributed by atoms with E-state index in [0.717, 1.165) is 17.7 Å². The third-order valence-electron chi connectivity index (χ3n) is 2.80. The highest BCUT2D eigenvalue weighted by Gasteiger charge is 2.16. The van der Waals surface area contributed by atoms with Crippen LogP contribution in [0.1, 0.15) is 24.5 Å². The quantitative estimate of drug-likeness (QED) is 0.854. The SMILES string of the molecule is CCC(=O)Nc1ccc2c(c1F)CCNC2.Cl. The van der Waals surface area contributed by atoms with Gasteiger partial charge in [-0.15, -0.1) is 12.4 Å². The lowest BCUT2D eigenvalue weighted by molar-refractivity contribution is -0.115. The Morgan fingerprint density at radius 1 is 1.53 bits per heavy atom. The Morgan fingerprint density at radius 3 is 3.00 bits per heavy atom. The zero-order valence-electron chi connectivity index (χ0n) is 9.68. The molecular formula is C12H16ClFN2O. The van der Waals surface area contributed by atoms with E-state index in [1.807, 2.05) is 6.07 Å². The predicted octanol–water partition coefficient (Wildman–Crippen LogP) is 2.24. The van der Waals surface area contributed by atoms with Crippen molar-refractivity contribution in [2.24, 2.45) is 0 Å². The molecule has 94 valence electrons. The molecule has 0 unspecified atom stereocenters. The van der Waals surface area contributed by atoms with Gasteiger partial charge in [0, 0.05) is 13.0 Å².